The number of hydrogen-bond acceptors (Lipinski definition) is 3. The molecular weight excluding hydrogens is 268 g/mol. The molecule has 1 aromatic rings. The van der Waals surface area contributed by atoms with E-state index in [4.69, 9.17) is 9.84 Å². The molecule has 112 valence electrons. The summed E-state index contributed by atoms with van der Waals surface area (Å²) in [7, 11) is 0. The molecule has 0 spiro atoms. The summed E-state index contributed by atoms with van der Waals surface area (Å²) in [5.41, 5.74) is 0. The zero-order chi connectivity index (χ0) is 15.1. The van der Waals surface area contributed by atoms with Crippen molar-refractivity contribution in [3.8, 4) is 5.75 Å². The molecule has 0 bridgehead atoms. The van der Waals surface area contributed by atoms with E-state index in [1.807, 2.05) is 6.92 Å². The lowest BCUT2D eigenvalue weighted by atomic mass is 10.2. The first-order valence-electron chi connectivity index (χ1n) is 6.47. The van der Waals surface area contributed by atoms with Crippen molar-refractivity contribution in [1.29, 1.82) is 0 Å². The van der Waals surface area contributed by atoms with Crippen molar-refractivity contribution in [2.24, 2.45) is 0 Å². The Kier molecular flexibility index (Phi) is 6.38. The second-order valence-electron chi connectivity index (χ2n) is 4.61. The number of amides is 1. The molecule has 0 heterocycles. The quantitative estimate of drug-likeness (QED) is 0.806. The van der Waals surface area contributed by atoms with E-state index >= 15 is 0 Å². The zero-order valence-electron chi connectivity index (χ0n) is 11.5. The van der Waals surface area contributed by atoms with Gasteiger partial charge in [0.2, 0.25) is 0 Å². The number of nitrogens with one attached hydrogen (secondary N) is 1. The Labute approximate surface area is 116 Å². The summed E-state index contributed by atoms with van der Waals surface area (Å²) in [4.78, 5) is 11.8. The molecule has 2 atom stereocenters. The highest BCUT2D eigenvalue weighted by atomic mass is 19.2. The third-order valence-corrected chi connectivity index (χ3v) is 2.76. The lowest BCUT2D eigenvalue weighted by Gasteiger charge is -2.18. The monoisotopic (exact) mass is 287 g/mol. The van der Waals surface area contributed by atoms with Crippen LogP contribution in [0.2, 0.25) is 0 Å². The number of benzene rings is 1. The Hall–Kier alpha value is -1.69. The van der Waals surface area contributed by atoms with Gasteiger partial charge in [0.15, 0.2) is 17.7 Å². The number of carbonyl (C=O) groups excluding carboxylic acids is 1. The van der Waals surface area contributed by atoms with Crippen LogP contribution >= 0.6 is 0 Å². The fourth-order valence-electron chi connectivity index (χ4n) is 1.64. The summed E-state index contributed by atoms with van der Waals surface area (Å²) in [6.45, 7) is 3.41. The minimum absolute atomic E-state index is 0.0706. The predicted octanol–water partition coefficient (Wildman–Crippen LogP) is 2.01. The Bertz CT molecular complexity index is 454. The van der Waals surface area contributed by atoms with E-state index < -0.39 is 17.7 Å². The van der Waals surface area contributed by atoms with Crippen LogP contribution < -0.4 is 10.1 Å². The Balaban J connectivity index is 2.50. The molecule has 1 aromatic carbocycles. The van der Waals surface area contributed by atoms with Gasteiger partial charge in [-0.3, -0.25) is 4.79 Å². The number of carbonyl (C=O) groups is 1. The molecule has 1 rings (SSSR count). The summed E-state index contributed by atoms with van der Waals surface area (Å²) in [5, 5.41) is 11.4. The van der Waals surface area contributed by atoms with Gasteiger partial charge in [-0.25, -0.2) is 8.78 Å². The van der Waals surface area contributed by atoms with Gasteiger partial charge in [-0.1, -0.05) is 0 Å². The molecule has 0 aromatic heterocycles. The summed E-state index contributed by atoms with van der Waals surface area (Å²) in [6.07, 6.45) is 0.427. The van der Waals surface area contributed by atoms with E-state index in [2.05, 4.69) is 5.32 Å². The van der Waals surface area contributed by atoms with Crippen molar-refractivity contribution < 1.29 is 23.4 Å². The first-order valence-corrected chi connectivity index (χ1v) is 6.47. The van der Waals surface area contributed by atoms with E-state index in [-0.39, 0.29) is 24.3 Å². The standard InChI is InChI=1S/C14H19F2NO3/c1-9(4-3-7-18)17-14(19)10(2)20-11-5-6-12(15)13(16)8-11/h5-6,8-10,18H,3-4,7H2,1-2H3,(H,17,19). The topological polar surface area (TPSA) is 58.6 Å². The molecule has 0 aliphatic rings. The average molecular weight is 287 g/mol. The predicted molar refractivity (Wildman–Crippen MR) is 70.4 cm³/mol. The maximum Gasteiger partial charge on any atom is 0.260 e. The average Bonchev–Trinajstić information content (AvgIpc) is 2.40. The van der Waals surface area contributed by atoms with Gasteiger partial charge in [0.05, 0.1) is 0 Å². The third kappa shape index (κ3) is 5.13. The smallest absolute Gasteiger partial charge is 0.260 e. The Morgan fingerprint density at radius 3 is 2.65 bits per heavy atom. The van der Waals surface area contributed by atoms with Crippen molar-refractivity contribution in [3.05, 3.63) is 29.8 Å². The van der Waals surface area contributed by atoms with Gasteiger partial charge < -0.3 is 15.2 Å². The van der Waals surface area contributed by atoms with Crippen LogP contribution in [0.1, 0.15) is 26.7 Å². The summed E-state index contributed by atoms with van der Waals surface area (Å²) >= 11 is 0. The fourth-order valence-corrected chi connectivity index (χ4v) is 1.64. The lowest BCUT2D eigenvalue weighted by molar-refractivity contribution is -0.127. The first kappa shape index (κ1) is 16.4. The van der Waals surface area contributed by atoms with Crippen LogP contribution in [0.4, 0.5) is 8.78 Å². The van der Waals surface area contributed by atoms with Gasteiger partial charge in [-0.05, 0) is 38.8 Å². The molecule has 4 nitrogen and oxygen atoms in total. The van der Waals surface area contributed by atoms with Gasteiger partial charge in [-0.15, -0.1) is 0 Å². The van der Waals surface area contributed by atoms with Gasteiger partial charge in [0.1, 0.15) is 5.75 Å². The summed E-state index contributed by atoms with van der Waals surface area (Å²) < 4.78 is 31.0. The molecule has 0 saturated carbocycles. The number of aliphatic hydroxyl groups excluding tert-OH is 1. The van der Waals surface area contributed by atoms with Crippen molar-refractivity contribution in [1.82, 2.24) is 5.32 Å². The van der Waals surface area contributed by atoms with Crippen LogP contribution in [0.15, 0.2) is 18.2 Å². The van der Waals surface area contributed by atoms with Crippen molar-refractivity contribution >= 4 is 5.91 Å². The molecule has 0 fully saturated rings. The highest BCUT2D eigenvalue weighted by molar-refractivity contribution is 5.80. The van der Waals surface area contributed by atoms with Crippen LogP contribution in [0.25, 0.3) is 0 Å². The number of aliphatic hydroxyl groups is 1. The van der Waals surface area contributed by atoms with Gasteiger partial charge in [-0.2, -0.15) is 0 Å². The van der Waals surface area contributed by atoms with E-state index in [9.17, 15) is 13.6 Å². The Morgan fingerprint density at radius 1 is 1.35 bits per heavy atom. The second-order valence-corrected chi connectivity index (χ2v) is 4.61. The molecule has 1 amide bonds. The van der Waals surface area contributed by atoms with E-state index in [0.717, 1.165) is 12.1 Å². The minimum atomic E-state index is -1.02. The SMILES string of the molecule is CC(CCCO)NC(=O)C(C)Oc1ccc(F)c(F)c1. The lowest BCUT2D eigenvalue weighted by Crippen LogP contribution is -2.41. The molecule has 6 heteroatoms. The van der Waals surface area contributed by atoms with Crippen LogP contribution in [0.3, 0.4) is 0 Å². The van der Waals surface area contributed by atoms with Gasteiger partial charge >= 0.3 is 0 Å². The number of rotatable bonds is 7. The largest absolute Gasteiger partial charge is 0.481 e. The summed E-state index contributed by atoms with van der Waals surface area (Å²) in [5.74, 6) is -2.24. The molecular formula is C14H19F2NO3. The maximum atomic E-state index is 13.0. The molecule has 2 unspecified atom stereocenters. The van der Waals surface area contributed by atoms with E-state index in [1.165, 1.54) is 13.0 Å². The van der Waals surface area contributed by atoms with Crippen molar-refractivity contribution in [3.63, 3.8) is 0 Å². The number of halogens is 2. The maximum absolute atomic E-state index is 13.0. The normalized spacial score (nSPS) is 13.7. The van der Waals surface area contributed by atoms with Crippen LogP contribution in [0, 0.1) is 11.6 Å². The zero-order valence-corrected chi connectivity index (χ0v) is 11.5. The third-order valence-electron chi connectivity index (χ3n) is 2.76. The molecule has 0 aliphatic heterocycles. The van der Waals surface area contributed by atoms with E-state index in [1.54, 1.807) is 0 Å². The Morgan fingerprint density at radius 2 is 2.05 bits per heavy atom. The molecule has 0 saturated heterocycles. The minimum Gasteiger partial charge on any atom is -0.481 e. The summed E-state index contributed by atoms with van der Waals surface area (Å²) in [6, 6.07) is 3.01. The molecule has 0 radical (unpaired) electrons. The molecule has 2 N–H and O–H groups in total. The molecule has 20 heavy (non-hydrogen) atoms. The van der Waals surface area contributed by atoms with Crippen molar-refractivity contribution in [2.45, 2.75) is 38.8 Å². The number of ether oxygens (including phenoxy) is 1. The van der Waals surface area contributed by atoms with Gasteiger partial charge in [0, 0.05) is 18.7 Å². The number of hydrogen-bond donors (Lipinski definition) is 2. The van der Waals surface area contributed by atoms with Crippen LogP contribution in [-0.2, 0) is 4.79 Å². The van der Waals surface area contributed by atoms with Gasteiger partial charge in [0.25, 0.3) is 5.91 Å². The fraction of sp³-hybridized carbons (Fsp3) is 0.500. The van der Waals surface area contributed by atoms with Crippen LogP contribution in [0.5, 0.6) is 5.75 Å². The van der Waals surface area contributed by atoms with E-state index in [0.29, 0.717) is 12.8 Å². The first-order chi connectivity index (χ1) is 9.43. The molecule has 0 aliphatic carbocycles. The van der Waals surface area contributed by atoms with Crippen LogP contribution in [-0.4, -0.2) is 29.8 Å². The highest BCUT2D eigenvalue weighted by Crippen LogP contribution is 2.16. The second kappa shape index (κ2) is 7.79. The van der Waals surface area contributed by atoms with Crippen molar-refractivity contribution in [2.75, 3.05) is 6.61 Å². The highest BCUT2D eigenvalue weighted by Gasteiger charge is 2.17.